The van der Waals surface area contributed by atoms with Gasteiger partial charge in [-0.05, 0) is 24.3 Å². The average Bonchev–Trinajstić information content (AvgIpc) is 2.40. The van der Waals surface area contributed by atoms with Crippen molar-refractivity contribution in [3.05, 3.63) is 60.4 Å². The standard InChI is InChI=1S/C12H11N3O2S/c13-12(10-6-8-14-9-7-10)15-18(16,17)11-4-2-1-3-5-11/h1-9H,(H2,13,15). The number of rotatable bonds is 3. The van der Waals surface area contributed by atoms with Crippen LogP contribution in [0.25, 0.3) is 0 Å². The molecule has 0 unspecified atom stereocenters. The van der Waals surface area contributed by atoms with Gasteiger partial charge in [0.2, 0.25) is 0 Å². The van der Waals surface area contributed by atoms with Crippen LogP contribution in [0.15, 0.2) is 64.2 Å². The quantitative estimate of drug-likeness (QED) is 0.664. The third-order valence-corrected chi connectivity index (χ3v) is 3.54. The van der Waals surface area contributed by atoms with E-state index in [1.807, 2.05) is 0 Å². The van der Waals surface area contributed by atoms with E-state index in [0.717, 1.165) is 0 Å². The fourth-order valence-corrected chi connectivity index (χ4v) is 2.32. The van der Waals surface area contributed by atoms with Crippen molar-refractivity contribution in [2.24, 2.45) is 10.1 Å². The van der Waals surface area contributed by atoms with Gasteiger partial charge in [0.25, 0.3) is 10.0 Å². The lowest BCUT2D eigenvalue weighted by Gasteiger charge is -2.01. The molecule has 0 aliphatic rings. The smallest absolute Gasteiger partial charge is 0.284 e. The summed E-state index contributed by atoms with van der Waals surface area (Å²) >= 11 is 0. The first-order valence-electron chi connectivity index (χ1n) is 5.15. The Hall–Kier alpha value is -2.21. The molecule has 0 spiro atoms. The van der Waals surface area contributed by atoms with Gasteiger partial charge in [-0.15, -0.1) is 4.40 Å². The fraction of sp³-hybridized carbons (Fsp3) is 0. The zero-order valence-corrected chi connectivity index (χ0v) is 10.2. The number of nitrogens with zero attached hydrogens (tertiary/aromatic N) is 2. The summed E-state index contributed by atoms with van der Waals surface area (Å²) in [6, 6.07) is 11.1. The number of hydrogen-bond acceptors (Lipinski definition) is 3. The van der Waals surface area contributed by atoms with Gasteiger partial charge in [-0.3, -0.25) is 4.98 Å². The maximum atomic E-state index is 11.9. The van der Waals surface area contributed by atoms with Gasteiger partial charge in [-0.2, -0.15) is 8.42 Å². The van der Waals surface area contributed by atoms with Gasteiger partial charge in [-0.1, -0.05) is 18.2 Å². The van der Waals surface area contributed by atoms with Crippen LogP contribution in [-0.2, 0) is 10.0 Å². The Morgan fingerprint density at radius 2 is 1.67 bits per heavy atom. The molecule has 0 atom stereocenters. The summed E-state index contributed by atoms with van der Waals surface area (Å²) in [7, 11) is -3.77. The number of hydrogen-bond donors (Lipinski definition) is 1. The normalized spacial score (nSPS) is 12.3. The minimum Gasteiger partial charge on any atom is -0.383 e. The molecule has 18 heavy (non-hydrogen) atoms. The van der Waals surface area contributed by atoms with Crippen LogP contribution in [0.3, 0.4) is 0 Å². The molecule has 1 heterocycles. The van der Waals surface area contributed by atoms with Crippen molar-refractivity contribution in [1.29, 1.82) is 0 Å². The van der Waals surface area contributed by atoms with Gasteiger partial charge in [0.05, 0.1) is 4.90 Å². The molecule has 92 valence electrons. The van der Waals surface area contributed by atoms with Gasteiger partial charge in [0.15, 0.2) is 0 Å². The lowest BCUT2D eigenvalue weighted by Crippen LogP contribution is -2.16. The lowest BCUT2D eigenvalue weighted by molar-refractivity contribution is 0.598. The Morgan fingerprint density at radius 1 is 1.06 bits per heavy atom. The Morgan fingerprint density at radius 3 is 2.28 bits per heavy atom. The van der Waals surface area contributed by atoms with E-state index < -0.39 is 10.0 Å². The molecule has 0 radical (unpaired) electrons. The molecular weight excluding hydrogens is 250 g/mol. The molecule has 0 saturated carbocycles. The fourth-order valence-electron chi connectivity index (χ4n) is 1.35. The summed E-state index contributed by atoms with van der Waals surface area (Å²) in [6.07, 6.45) is 3.04. The van der Waals surface area contributed by atoms with Crippen LogP contribution in [0.5, 0.6) is 0 Å². The molecule has 1 aromatic carbocycles. The zero-order chi connectivity index (χ0) is 13.0. The van der Waals surface area contributed by atoms with Crippen molar-refractivity contribution >= 4 is 15.9 Å². The highest BCUT2D eigenvalue weighted by Gasteiger charge is 2.13. The number of nitrogens with two attached hydrogens (primary N) is 1. The van der Waals surface area contributed by atoms with Crippen molar-refractivity contribution in [1.82, 2.24) is 4.98 Å². The van der Waals surface area contributed by atoms with Crippen LogP contribution in [0, 0.1) is 0 Å². The van der Waals surface area contributed by atoms with Crippen molar-refractivity contribution in [3.63, 3.8) is 0 Å². The maximum absolute atomic E-state index is 11.9. The molecule has 2 rings (SSSR count). The summed E-state index contributed by atoms with van der Waals surface area (Å²) in [5.74, 6) is -0.0544. The topological polar surface area (TPSA) is 85.4 Å². The van der Waals surface area contributed by atoms with Crippen LogP contribution in [-0.4, -0.2) is 19.2 Å². The van der Waals surface area contributed by atoms with Crippen molar-refractivity contribution in [3.8, 4) is 0 Å². The average molecular weight is 261 g/mol. The van der Waals surface area contributed by atoms with Crippen molar-refractivity contribution < 1.29 is 8.42 Å². The van der Waals surface area contributed by atoms with Gasteiger partial charge in [-0.25, -0.2) is 0 Å². The van der Waals surface area contributed by atoms with Gasteiger partial charge in [0, 0.05) is 18.0 Å². The minimum atomic E-state index is -3.77. The van der Waals surface area contributed by atoms with Crippen molar-refractivity contribution in [2.45, 2.75) is 4.90 Å². The van der Waals surface area contributed by atoms with Crippen LogP contribution in [0.4, 0.5) is 0 Å². The summed E-state index contributed by atoms with van der Waals surface area (Å²) in [5, 5.41) is 0. The summed E-state index contributed by atoms with van der Waals surface area (Å²) < 4.78 is 27.5. The second-order valence-electron chi connectivity index (χ2n) is 3.50. The number of benzene rings is 1. The summed E-state index contributed by atoms with van der Waals surface area (Å²) in [4.78, 5) is 3.94. The second-order valence-corrected chi connectivity index (χ2v) is 5.10. The third-order valence-electron chi connectivity index (χ3n) is 2.24. The van der Waals surface area contributed by atoms with Crippen LogP contribution in [0.2, 0.25) is 0 Å². The van der Waals surface area contributed by atoms with E-state index >= 15 is 0 Å². The highest BCUT2D eigenvalue weighted by molar-refractivity contribution is 7.90. The number of pyridine rings is 1. The molecule has 5 nitrogen and oxygen atoms in total. The summed E-state index contributed by atoms with van der Waals surface area (Å²) in [6.45, 7) is 0. The summed E-state index contributed by atoms with van der Waals surface area (Å²) in [5.41, 5.74) is 6.18. The Balaban J connectivity index is 2.39. The molecule has 0 saturated heterocycles. The van der Waals surface area contributed by atoms with E-state index in [0.29, 0.717) is 5.56 Å². The first kappa shape index (κ1) is 12.3. The number of sulfonamides is 1. The lowest BCUT2D eigenvalue weighted by atomic mass is 10.2. The Labute approximate surface area is 105 Å². The van der Waals surface area contributed by atoms with E-state index in [-0.39, 0.29) is 10.7 Å². The van der Waals surface area contributed by atoms with E-state index in [4.69, 9.17) is 5.73 Å². The number of amidine groups is 1. The molecule has 2 aromatic rings. The maximum Gasteiger partial charge on any atom is 0.284 e. The molecule has 0 aliphatic carbocycles. The molecule has 0 aliphatic heterocycles. The Kier molecular flexibility index (Phi) is 3.38. The first-order chi connectivity index (χ1) is 8.59. The molecule has 1 aromatic heterocycles. The van der Waals surface area contributed by atoms with Crippen LogP contribution in [0.1, 0.15) is 5.56 Å². The van der Waals surface area contributed by atoms with Gasteiger partial charge >= 0.3 is 0 Å². The number of aromatic nitrogens is 1. The predicted octanol–water partition coefficient (Wildman–Crippen LogP) is 1.18. The highest BCUT2D eigenvalue weighted by atomic mass is 32.2. The molecule has 0 fully saturated rings. The van der Waals surface area contributed by atoms with Gasteiger partial charge in [0.1, 0.15) is 5.84 Å². The largest absolute Gasteiger partial charge is 0.383 e. The van der Waals surface area contributed by atoms with Crippen LogP contribution >= 0.6 is 0 Å². The molecule has 6 heteroatoms. The monoisotopic (exact) mass is 261 g/mol. The molecule has 0 amide bonds. The molecular formula is C12H11N3O2S. The molecule has 2 N–H and O–H groups in total. The van der Waals surface area contributed by atoms with E-state index in [2.05, 4.69) is 9.38 Å². The van der Waals surface area contributed by atoms with E-state index in [9.17, 15) is 8.42 Å². The second kappa shape index (κ2) is 4.97. The Bertz CT molecular complexity index is 652. The van der Waals surface area contributed by atoms with Crippen LogP contribution < -0.4 is 5.73 Å². The SMILES string of the molecule is N/C(=N\S(=O)(=O)c1ccccc1)c1ccncc1. The van der Waals surface area contributed by atoms with E-state index in [1.54, 1.807) is 30.3 Å². The predicted molar refractivity (Wildman–Crippen MR) is 68.6 cm³/mol. The zero-order valence-electron chi connectivity index (χ0n) is 9.39. The highest BCUT2D eigenvalue weighted by Crippen LogP contribution is 2.12. The third kappa shape index (κ3) is 2.72. The van der Waals surface area contributed by atoms with Gasteiger partial charge < -0.3 is 5.73 Å². The van der Waals surface area contributed by atoms with E-state index in [1.165, 1.54) is 24.5 Å². The molecule has 0 bridgehead atoms. The van der Waals surface area contributed by atoms with Crippen molar-refractivity contribution in [2.75, 3.05) is 0 Å². The first-order valence-corrected chi connectivity index (χ1v) is 6.59. The minimum absolute atomic E-state index is 0.0544.